The lowest BCUT2D eigenvalue weighted by Crippen LogP contribution is -2.36. The molecule has 3 atom stereocenters. The molecule has 122 valence electrons. The number of ether oxygens (including phenoxy) is 2. The van der Waals surface area contributed by atoms with Crippen LogP contribution in [0.3, 0.4) is 0 Å². The van der Waals surface area contributed by atoms with E-state index in [1.54, 1.807) is 0 Å². The molecular weight excluding hydrogens is 292 g/mol. The highest BCUT2D eigenvalue weighted by molar-refractivity contribution is 6.05. The van der Waals surface area contributed by atoms with Crippen molar-refractivity contribution in [1.29, 1.82) is 0 Å². The standard InChI is InChI=1S/C19H22O4/c1-22-15(20)19(16(21)23-2)12-18(19)10-6-9-17(18)11-14(17)13-7-4-3-5-8-13/h3-5,7-8,14H,6,9-12H2,1-2H3. The molecule has 0 aliphatic heterocycles. The first-order valence-corrected chi connectivity index (χ1v) is 8.30. The second kappa shape index (κ2) is 4.59. The highest BCUT2D eigenvalue weighted by Gasteiger charge is 2.89. The third-order valence-electron chi connectivity index (χ3n) is 6.78. The molecule has 0 radical (unpaired) electrons. The van der Waals surface area contributed by atoms with E-state index in [-0.39, 0.29) is 10.8 Å². The van der Waals surface area contributed by atoms with E-state index in [9.17, 15) is 9.59 Å². The minimum absolute atomic E-state index is 0.0662. The molecule has 0 aromatic heterocycles. The molecule has 3 fully saturated rings. The number of benzene rings is 1. The number of carbonyl (C=O) groups is 2. The van der Waals surface area contributed by atoms with Crippen molar-refractivity contribution >= 4 is 11.9 Å². The first-order valence-electron chi connectivity index (χ1n) is 8.30. The van der Waals surface area contributed by atoms with Crippen molar-refractivity contribution in [3.8, 4) is 0 Å². The molecule has 0 amide bonds. The van der Waals surface area contributed by atoms with Crippen molar-refractivity contribution in [2.45, 2.75) is 38.0 Å². The minimum Gasteiger partial charge on any atom is -0.468 e. The fourth-order valence-electron chi connectivity index (χ4n) is 5.70. The Morgan fingerprint density at radius 3 is 2.30 bits per heavy atom. The largest absolute Gasteiger partial charge is 0.468 e. The zero-order valence-corrected chi connectivity index (χ0v) is 13.6. The Labute approximate surface area is 136 Å². The quantitative estimate of drug-likeness (QED) is 0.635. The highest BCUT2D eigenvalue weighted by Crippen LogP contribution is 2.89. The topological polar surface area (TPSA) is 52.6 Å². The maximum absolute atomic E-state index is 12.5. The summed E-state index contributed by atoms with van der Waals surface area (Å²) in [5, 5.41) is 0. The molecule has 4 rings (SSSR count). The van der Waals surface area contributed by atoms with E-state index in [0.29, 0.717) is 12.3 Å². The predicted octanol–water partition coefficient (Wildman–Crippen LogP) is 3.07. The molecular formula is C19H22O4. The summed E-state index contributed by atoms with van der Waals surface area (Å²) in [5.74, 6) is -0.379. The van der Waals surface area contributed by atoms with Gasteiger partial charge in [0.25, 0.3) is 0 Å². The van der Waals surface area contributed by atoms with Crippen LogP contribution in [0.5, 0.6) is 0 Å². The summed E-state index contributed by atoms with van der Waals surface area (Å²) in [5.41, 5.74) is 0.0535. The van der Waals surface area contributed by atoms with Crippen molar-refractivity contribution in [2.24, 2.45) is 16.2 Å². The summed E-state index contributed by atoms with van der Waals surface area (Å²) < 4.78 is 10.0. The first kappa shape index (κ1) is 14.7. The molecule has 3 unspecified atom stereocenters. The van der Waals surface area contributed by atoms with E-state index in [0.717, 1.165) is 25.7 Å². The van der Waals surface area contributed by atoms with Crippen molar-refractivity contribution in [3.63, 3.8) is 0 Å². The van der Waals surface area contributed by atoms with Crippen LogP contribution < -0.4 is 0 Å². The normalized spacial score (nSPS) is 36.0. The molecule has 2 spiro atoms. The van der Waals surface area contributed by atoms with Crippen molar-refractivity contribution in [1.82, 2.24) is 0 Å². The maximum Gasteiger partial charge on any atom is 0.323 e. The van der Waals surface area contributed by atoms with Gasteiger partial charge in [0.15, 0.2) is 5.41 Å². The van der Waals surface area contributed by atoms with Gasteiger partial charge in [-0.1, -0.05) is 36.8 Å². The van der Waals surface area contributed by atoms with Crippen LogP contribution in [0.25, 0.3) is 0 Å². The molecule has 3 aliphatic carbocycles. The van der Waals surface area contributed by atoms with Crippen LogP contribution in [-0.2, 0) is 19.1 Å². The molecule has 0 saturated heterocycles. The molecule has 3 saturated carbocycles. The Morgan fingerprint density at radius 2 is 1.70 bits per heavy atom. The van der Waals surface area contributed by atoms with E-state index in [2.05, 4.69) is 24.3 Å². The van der Waals surface area contributed by atoms with Crippen LogP contribution in [0.4, 0.5) is 0 Å². The summed E-state index contributed by atoms with van der Waals surface area (Å²) in [4.78, 5) is 25.0. The van der Waals surface area contributed by atoms with Crippen LogP contribution in [0, 0.1) is 16.2 Å². The van der Waals surface area contributed by atoms with Crippen LogP contribution in [0.15, 0.2) is 30.3 Å². The first-order chi connectivity index (χ1) is 11.1. The zero-order valence-electron chi connectivity index (χ0n) is 13.6. The summed E-state index contributed by atoms with van der Waals surface area (Å²) in [6.45, 7) is 0. The molecule has 0 heterocycles. The van der Waals surface area contributed by atoms with Gasteiger partial charge in [-0.15, -0.1) is 0 Å². The van der Waals surface area contributed by atoms with Crippen LogP contribution >= 0.6 is 0 Å². The lowest BCUT2D eigenvalue weighted by atomic mass is 9.78. The summed E-state index contributed by atoms with van der Waals surface area (Å²) >= 11 is 0. The van der Waals surface area contributed by atoms with Crippen LogP contribution in [0.1, 0.15) is 43.6 Å². The van der Waals surface area contributed by atoms with Gasteiger partial charge in [-0.3, -0.25) is 9.59 Å². The number of fused-ring (bicyclic) bond motifs is 1. The van der Waals surface area contributed by atoms with Crippen molar-refractivity contribution in [2.75, 3.05) is 14.2 Å². The third kappa shape index (κ3) is 1.57. The van der Waals surface area contributed by atoms with E-state index >= 15 is 0 Å². The third-order valence-corrected chi connectivity index (χ3v) is 6.78. The highest BCUT2D eigenvalue weighted by atomic mass is 16.5. The summed E-state index contributed by atoms with van der Waals surface area (Å²) in [6, 6.07) is 10.5. The van der Waals surface area contributed by atoms with Crippen molar-refractivity contribution in [3.05, 3.63) is 35.9 Å². The molecule has 1 aromatic carbocycles. The molecule has 3 aliphatic rings. The number of methoxy groups -OCH3 is 2. The Kier molecular flexibility index (Phi) is 2.94. The van der Waals surface area contributed by atoms with E-state index in [4.69, 9.17) is 9.47 Å². The summed E-state index contributed by atoms with van der Waals surface area (Å²) in [6.07, 6.45) is 4.72. The smallest absolute Gasteiger partial charge is 0.323 e. The van der Waals surface area contributed by atoms with E-state index < -0.39 is 17.4 Å². The number of carbonyl (C=O) groups excluding carboxylic acids is 2. The summed E-state index contributed by atoms with van der Waals surface area (Å²) in [7, 11) is 2.73. The monoisotopic (exact) mass is 314 g/mol. The van der Waals surface area contributed by atoms with E-state index in [1.807, 2.05) is 6.07 Å². The average Bonchev–Trinajstić information content (AvgIpc) is 3.44. The molecule has 4 heteroatoms. The maximum atomic E-state index is 12.5. The van der Waals surface area contributed by atoms with Gasteiger partial charge in [0.05, 0.1) is 14.2 Å². The number of hydrogen-bond acceptors (Lipinski definition) is 4. The SMILES string of the molecule is COC(=O)C1(C(=O)OC)CC12CCCC21CC1c1ccccc1. The fourth-order valence-corrected chi connectivity index (χ4v) is 5.70. The Balaban J connectivity index is 1.72. The number of esters is 2. The second-order valence-electron chi connectivity index (χ2n) is 7.32. The minimum atomic E-state index is -1.07. The Bertz CT molecular complexity index is 651. The Morgan fingerprint density at radius 1 is 1.04 bits per heavy atom. The van der Waals surface area contributed by atoms with Gasteiger partial charge < -0.3 is 9.47 Å². The van der Waals surface area contributed by atoms with Gasteiger partial charge in [0.1, 0.15) is 0 Å². The fraction of sp³-hybridized carbons (Fsp3) is 0.579. The second-order valence-corrected chi connectivity index (χ2v) is 7.32. The van der Waals surface area contributed by atoms with Gasteiger partial charge in [0, 0.05) is 5.41 Å². The van der Waals surface area contributed by atoms with Crippen molar-refractivity contribution < 1.29 is 19.1 Å². The van der Waals surface area contributed by atoms with Gasteiger partial charge in [-0.25, -0.2) is 0 Å². The molecule has 4 nitrogen and oxygen atoms in total. The lowest BCUT2D eigenvalue weighted by Gasteiger charge is -2.25. The number of rotatable bonds is 3. The van der Waals surface area contributed by atoms with E-state index in [1.165, 1.54) is 19.8 Å². The Hall–Kier alpha value is -1.84. The van der Waals surface area contributed by atoms with Gasteiger partial charge in [-0.05, 0) is 42.6 Å². The molecule has 23 heavy (non-hydrogen) atoms. The van der Waals surface area contributed by atoms with Gasteiger partial charge >= 0.3 is 11.9 Å². The predicted molar refractivity (Wildman–Crippen MR) is 83.6 cm³/mol. The molecule has 0 N–H and O–H groups in total. The average molecular weight is 314 g/mol. The van der Waals surface area contributed by atoms with Crippen LogP contribution in [0.2, 0.25) is 0 Å². The molecule has 1 aromatic rings. The van der Waals surface area contributed by atoms with Gasteiger partial charge in [0.2, 0.25) is 0 Å². The zero-order chi connectivity index (χ0) is 16.3. The lowest BCUT2D eigenvalue weighted by molar-refractivity contribution is -0.164. The molecule has 0 bridgehead atoms. The van der Waals surface area contributed by atoms with Gasteiger partial charge in [-0.2, -0.15) is 0 Å². The van der Waals surface area contributed by atoms with Crippen LogP contribution in [-0.4, -0.2) is 26.2 Å². The number of hydrogen-bond donors (Lipinski definition) is 0.